The predicted molar refractivity (Wildman–Crippen MR) is 147 cm³/mol. The highest BCUT2D eigenvalue weighted by Gasteiger charge is 2.26. The maximum absolute atomic E-state index is 6.59. The second-order valence-electron chi connectivity index (χ2n) is 9.25. The summed E-state index contributed by atoms with van der Waals surface area (Å²) in [5.74, 6) is 0.688. The van der Waals surface area contributed by atoms with Crippen LogP contribution in [0.4, 0.5) is 0 Å². The smallest absolute Gasteiger partial charge is 0.320 e. The molecule has 1 aliphatic heterocycles. The Morgan fingerprint density at radius 2 is 1.68 bits per heavy atom. The van der Waals surface area contributed by atoms with Crippen molar-refractivity contribution in [3.63, 3.8) is 0 Å². The molecule has 3 heterocycles. The first-order valence-electron chi connectivity index (χ1n) is 12.3. The van der Waals surface area contributed by atoms with E-state index in [9.17, 15) is 0 Å². The molecule has 0 amide bonds. The molecule has 5 aromatic rings. The van der Waals surface area contributed by atoms with Gasteiger partial charge in [0.15, 0.2) is 5.65 Å². The molecule has 0 N–H and O–H groups in total. The van der Waals surface area contributed by atoms with Gasteiger partial charge in [-0.05, 0) is 42.7 Å². The number of fused-ring (bicyclic) bond motifs is 1. The molecule has 6 rings (SSSR count). The predicted octanol–water partition coefficient (Wildman–Crippen LogP) is 6.73. The van der Waals surface area contributed by atoms with Crippen LogP contribution in [0.2, 0.25) is 10.0 Å². The average Bonchev–Trinajstić information content (AvgIpc) is 3.50. The molecule has 186 valence electrons. The Hall–Kier alpha value is -3.45. The summed E-state index contributed by atoms with van der Waals surface area (Å²) >= 11 is 12.8. The number of aryl methyl sites for hydroxylation is 1. The molecule has 2 aromatic heterocycles. The van der Waals surface area contributed by atoms with Crippen LogP contribution in [0.15, 0.2) is 78.9 Å². The van der Waals surface area contributed by atoms with E-state index in [-0.39, 0.29) is 6.10 Å². The van der Waals surface area contributed by atoms with E-state index in [4.69, 9.17) is 38.0 Å². The number of hydrogen-bond donors (Lipinski definition) is 0. The normalized spacial score (nSPS) is 15.9. The van der Waals surface area contributed by atoms with Crippen LogP contribution in [0.1, 0.15) is 17.8 Å². The van der Waals surface area contributed by atoms with Crippen molar-refractivity contribution in [2.45, 2.75) is 26.0 Å². The van der Waals surface area contributed by atoms with Crippen molar-refractivity contribution in [2.75, 3.05) is 13.1 Å². The fourth-order valence-corrected chi connectivity index (χ4v) is 5.20. The summed E-state index contributed by atoms with van der Waals surface area (Å²) in [7, 11) is 0. The van der Waals surface area contributed by atoms with Gasteiger partial charge < -0.3 is 4.74 Å². The zero-order valence-corrected chi connectivity index (χ0v) is 21.8. The maximum atomic E-state index is 6.59. The minimum absolute atomic E-state index is 0.0236. The largest absolute Gasteiger partial charge is 0.459 e. The second kappa shape index (κ2) is 10.1. The number of benzene rings is 3. The Bertz CT molecular complexity index is 1550. The van der Waals surface area contributed by atoms with Crippen LogP contribution in [0.3, 0.4) is 0 Å². The Morgan fingerprint density at radius 3 is 2.46 bits per heavy atom. The van der Waals surface area contributed by atoms with E-state index in [2.05, 4.69) is 34.1 Å². The van der Waals surface area contributed by atoms with Gasteiger partial charge in [0.1, 0.15) is 17.6 Å². The lowest BCUT2D eigenvalue weighted by atomic mass is 10.0. The monoisotopic (exact) mass is 529 g/mol. The molecule has 8 heteroatoms. The zero-order chi connectivity index (χ0) is 25.4. The molecular formula is C29H25Cl2N5O. The molecular weight excluding hydrogens is 505 g/mol. The molecule has 1 saturated heterocycles. The second-order valence-corrected chi connectivity index (χ2v) is 10.1. The van der Waals surface area contributed by atoms with Crippen LogP contribution in [-0.2, 0) is 6.54 Å². The lowest BCUT2D eigenvalue weighted by molar-refractivity contribution is 0.183. The Labute approximate surface area is 225 Å². The Morgan fingerprint density at radius 1 is 0.919 bits per heavy atom. The third-order valence-corrected chi connectivity index (χ3v) is 7.22. The maximum Gasteiger partial charge on any atom is 0.320 e. The molecule has 6 nitrogen and oxygen atoms in total. The standard InChI is InChI=1S/C29H25Cl2N5O/c1-19-32-29(37-23-15-16-35(18-23)17-20-7-3-2-4-8-20)33-28-26(21-11-13-22(30)14-12-21)27(34-36(19)28)24-9-5-6-10-25(24)31/h2-14,23H,15-18H2,1H3. The topological polar surface area (TPSA) is 55.5 Å². The number of nitrogens with zero attached hydrogens (tertiary/aromatic N) is 5. The zero-order valence-electron chi connectivity index (χ0n) is 20.3. The molecule has 0 radical (unpaired) electrons. The average molecular weight is 530 g/mol. The van der Waals surface area contributed by atoms with E-state index in [0.717, 1.165) is 48.4 Å². The number of rotatable bonds is 6. The summed E-state index contributed by atoms with van der Waals surface area (Å²) in [4.78, 5) is 11.9. The van der Waals surface area contributed by atoms with Gasteiger partial charge in [-0.2, -0.15) is 19.6 Å². The lowest BCUT2D eigenvalue weighted by Gasteiger charge is -2.16. The molecule has 0 spiro atoms. The van der Waals surface area contributed by atoms with Crippen molar-refractivity contribution in [3.05, 3.63) is 100 Å². The van der Waals surface area contributed by atoms with Crippen molar-refractivity contribution in [2.24, 2.45) is 0 Å². The fraction of sp³-hybridized carbons (Fsp3) is 0.207. The van der Waals surface area contributed by atoms with Crippen molar-refractivity contribution in [1.29, 1.82) is 0 Å². The minimum Gasteiger partial charge on any atom is -0.459 e. The van der Waals surface area contributed by atoms with E-state index in [1.54, 1.807) is 4.52 Å². The van der Waals surface area contributed by atoms with Gasteiger partial charge in [0, 0.05) is 30.2 Å². The fourth-order valence-electron chi connectivity index (χ4n) is 4.84. The van der Waals surface area contributed by atoms with Crippen LogP contribution in [0, 0.1) is 6.92 Å². The number of hydrogen-bond acceptors (Lipinski definition) is 5. The van der Waals surface area contributed by atoms with Crippen LogP contribution < -0.4 is 4.74 Å². The Balaban J connectivity index is 1.36. The van der Waals surface area contributed by atoms with E-state index in [0.29, 0.717) is 27.5 Å². The first-order chi connectivity index (χ1) is 18.0. The van der Waals surface area contributed by atoms with Crippen LogP contribution in [0.5, 0.6) is 6.01 Å². The Kier molecular flexibility index (Phi) is 6.55. The molecule has 0 saturated carbocycles. The van der Waals surface area contributed by atoms with Gasteiger partial charge in [-0.25, -0.2) is 0 Å². The molecule has 1 atom stereocenters. The van der Waals surface area contributed by atoms with E-state index >= 15 is 0 Å². The third-order valence-electron chi connectivity index (χ3n) is 6.64. The van der Waals surface area contributed by atoms with Crippen molar-refractivity contribution in [1.82, 2.24) is 24.5 Å². The van der Waals surface area contributed by atoms with Gasteiger partial charge in [-0.1, -0.05) is 83.9 Å². The molecule has 0 bridgehead atoms. The molecule has 3 aromatic carbocycles. The molecule has 37 heavy (non-hydrogen) atoms. The highest BCUT2D eigenvalue weighted by Crippen LogP contribution is 2.38. The highest BCUT2D eigenvalue weighted by molar-refractivity contribution is 6.33. The third kappa shape index (κ3) is 4.92. The van der Waals surface area contributed by atoms with Crippen LogP contribution >= 0.6 is 23.2 Å². The van der Waals surface area contributed by atoms with Gasteiger partial charge in [0.25, 0.3) is 0 Å². The molecule has 1 aliphatic rings. The minimum atomic E-state index is 0.0236. The van der Waals surface area contributed by atoms with Crippen LogP contribution in [-0.4, -0.2) is 43.7 Å². The van der Waals surface area contributed by atoms with Crippen molar-refractivity contribution >= 4 is 28.8 Å². The number of halogens is 2. The van der Waals surface area contributed by atoms with E-state index < -0.39 is 0 Å². The summed E-state index contributed by atoms with van der Waals surface area (Å²) in [6, 6.07) is 26.2. The number of likely N-dealkylation sites (tertiary alicyclic amines) is 1. The number of ether oxygens (including phenoxy) is 1. The first kappa shape index (κ1) is 23.9. The van der Waals surface area contributed by atoms with Gasteiger partial charge in [-0.3, -0.25) is 4.90 Å². The van der Waals surface area contributed by atoms with Gasteiger partial charge in [-0.15, -0.1) is 0 Å². The molecule has 1 unspecified atom stereocenters. The number of aromatic nitrogens is 4. The summed E-state index contributed by atoms with van der Waals surface area (Å²) in [6.07, 6.45) is 0.949. The van der Waals surface area contributed by atoms with E-state index in [1.165, 1.54) is 5.56 Å². The van der Waals surface area contributed by atoms with Crippen LogP contribution in [0.25, 0.3) is 28.0 Å². The summed E-state index contributed by atoms with van der Waals surface area (Å²) in [5.41, 5.74) is 5.33. The van der Waals surface area contributed by atoms with Gasteiger partial charge in [0.2, 0.25) is 0 Å². The summed E-state index contributed by atoms with van der Waals surface area (Å²) in [6.45, 7) is 4.62. The summed E-state index contributed by atoms with van der Waals surface area (Å²) < 4.78 is 8.08. The lowest BCUT2D eigenvalue weighted by Crippen LogP contribution is -2.25. The SMILES string of the molecule is Cc1nc(OC2CCN(Cc3ccccc3)C2)nc2c(-c3ccc(Cl)cc3)c(-c3ccccc3Cl)nn12. The highest BCUT2D eigenvalue weighted by atomic mass is 35.5. The van der Waals surface area contributed by atoms with Crippen molar-refractivity contribution in [3.8, 4) is 28.4 Å². The van der Waals surface area contributed by atoms with E-state index in [1.807, 2.05) is 61.5 Å². The molecule has 0 aliphatic carbocycles. The van der Waals surface area contributed by atoms with Crippen molar-refractivity contribution < 1.29 is 4.74 Å². The molecule has 1 fully saturated rings. The first-order valence-corrected chi connectivity index (χ1v) is 13.0. The quantitative estimate of drug-likeness (QED) is 0.244. The van der Waals surface area contributed by atoms with Gasteiger partial charge in [0.05, 0.1) is 10.6 Å². The van der Waals surface area contributed by atoms with Gasteiger partial charge >= 0.3 is 6.01 Å². The summed E-state index contributed by atoms with van der Waals surface area (Å²) in [5, 5.41) is 6.17.